The monoisotopic (exact) mass is 443 g/mol. The summed E-state index contributed by atoms with van der Waals surface area (Å²) in [5.41, 5.74) is 4.02. The van der Waals surface area contributed by atoms with Crippen molar-refractivity contribution in [1.82, 2.24) is 10.3 Å². The van der Waals surface area contributed by atoms with Crippen LogP contribution in [0, 0.1) is 0 Å². The number of aromatic nitrogens is 1. The Hall–Kier alpha value is -4.00. The van der Waals surface area contributed by atoms with Gasteiger partial charge in [-0.1, -0.05) is 32.0 Å². The molecule has 0 fully saturated rings. The molecule has 3 N–H and O–H groups in total. The number of pyridine rings is 1. The molecule has 0 saturated carbocycles. The van der Waals surface area contributed by atoms with E-state index < -0.39 is 0 Å². The van der Waals surface area contributed by atoms with Crippen LogP contribution in [0.4, 0.5) is 11.4 Å². The first-order valence-electron chi connectivity index (χ1n) is 10.9. The lowest BCUT2D eigenvalue weighted by Crippen LogP contribution is -2.36. The highest BCUT2D eigenvalue weighted by atomic mass is 16.2. The van der Waals surface area contributed by atoms with Gasteiger partial charge in [0.05, 0.1) is 6.54 Å². The van der Waals surface area contributed by atoms with Gasteiger partial charge < -0.3 is 10.6 Å². The van der Waals surface area contributed by atoms with Crippen LogP contribution in [0.15, 0.2) is 78.0 Å². The number of carbonyl (C=O) groups is 2. The van der Waals surface area contributed by atoms with Gasteiger partial charge in [-0.3, -0.25) is 19.9 Å². The number of hydrogen-bond acceptors (Lipinski definition) is 4. The Morgan fingerprint density at radius 3 is 2.36 bits per heavy atom. The molecular weight excluding hydrogens is 414 g/mol. The average molecular weight is 444 g/mol. The summed E-state index contributed by atoms with van der Waals surface area (Å²) in [7, 11) is 0. The Labute approximate surface area is 194 Å². The van der Waals surface area contributed by atoms with Crippen molar-refractivity contribution in [1.29, 1.82) is 0 Å². The fourth-order valence-corrected chi connectivity index (χ4v) is 3.16. The molecule has 170 valence electrons. The number of hydrogen-bond donors (Lipinski definition) is 3. The van der Waals surface area contributed by atoms with Crippen molar-refractivity contribution in [3.05, 3.63) is 89.7 Å². The van der Waals surface area contributed by atoms with Gasteiger partial charge in [-0.15, -0.1) is 0 Å². The maximum atomic E-state index is 12.9. The topological polar surface area (TPSA) is 95.5 Å². The first-order valence-corrected chi connectivity index (χ1v) is 10.9. The summed E-state index contributed by atoms with van der Waals surface area (Å²) in [6.45, 7) is 6.16. The minimum absolute atomic E-state index is 0.199. The lowest BCUT2D eigenvalue weighted by Gasteiger charge is -2.14. The zero-order valence-electron chi connectivity index (χ0n) is 19.1. The molecule has 1 heterocycles. The highest BCUT2D eigenvalue weighted by Crippen LogP contribution is 2.20. The van der Waals surface area contributed by atoms with E-state index in [4.69, 9.17) is 0 Å². The molecule has 0 unspecified atom stereocenters. The SMILES string of the molecule is CC[C@H](C)c1ccc(NC(=NCc2ccncc2)NC(=O)c2cccc(NC(C)=O)c2)cc1. The Balaban J connectivity index is 1.79. The maximum absolute atomic E-state index is 12.9. The molecule has 0 saturated heterocycles. The van der Waals surface area contributed by atoms with Crippen molar-refractivity contribution in [3.63, 3.8) is 0 Å². The minimum atomic E-state index is -0.334. The summed E-state index contributed by atoms with van der Waals surface area (Å²) in [5, 5.41) is 8.75. The number of aliphatic imine (C=N–C) groups is 1. The molecule has 2 amide bonds. The summed E-state index contributed by atoms with van der Waals surface area (Å²) in [6.07, 6.45) is 4.48. The number of nitrogens with one attached hydrogen (secondary N) is 3. The van der Waals surface area contributed by atoms with Crippen LogP contribution >= 0.6 is 0 Å². The van der Waals surface area contributed by atoms with Gasteiger partial charge in [-0.05, 0) is 65.9 Å². The van der Waals surface area contributed by atoms with Crippen molar-refractivity contribution >= 4 is 29.1 Å². The molecule has 1 atom stereocenters. The number of nitrogens with zero attached hydrogens (tertiary/aromatic N) is 2. The largest absolute Gasteiger partial charge is 0.326 e. The van der Waals surface area contributed by atoms with Crippen molar-refractivity contribution in [2.75, 3.05) is 10.6 Å². The Kier molecular flexibility index (Phi) is 8.30. The van der Waals surface area contributed by atoms with Crippen molar-refractivity contribution < 1.29 is 9.59 Å². The van der Waals surface area contributed by atoms with Crippen LogP contribution in [-0.2, 0) is 11.3 Å². The number of benzene rings is 2. The van der Waals surface area contributed by atoms with E-state index in [1.54, 1.807) is 36.7 Å². The molecular formula is C26H29N5O2. The lowest BCUT2D eigenvalue weighted by atomic mass is 9.99. The van der Waals surface area contributed by atoms with Crippen LogP contribution in [0.2, 0.25) is 0 Å². The number of carbonyl (C=O) groups excluding carboxylic acids is 2. The van der Waals surface area contributed by atoms with E-state index in [1.165, 1.54) is 12.5 Å². The molecule has 3 rings (SSSR count). The molecule has 3 aromatic rings. The van der Waals surface area contributed by atoms with Crippen molar-refractivity contribution in [2.24, 2.45) is 4.99 Å². The predicted octanol–water partition coefficient (Wildman–Crippen LogP) is 4.95. The third-order valence-corrected chi connectivity index (χ3v) is 5.20. The first-order chi connectivity index (χ1) is 15.9. The molecule has 7 nitrogen and oxygen atoms in total. The molecule has 2 aromatic carbocycles. The highest BCUT2D eigenvalue weighted by Gasteiger charge is 2.11. The Morgan fingerprint density at radius 1 is 0.970 bits per heavy atom. The Bertz CT molecular complexity index is 1110. The van der Waals surface area contributed by atoms with Gasteiger partial charge in [0.2, 0.25) is 11.9 Å². The van der Waals surface area contributed by atoms with E-state index in [2.05, 4.69) is 51.9 Å². The van der Waals surface area contributed by atoms with Crippen LogP contribution in [0.1, 0.15) is 54.6 Å². The van der Waals surface area contributed by atoms with Crippen LogP contribution in [0.25, 0.3) is 0 Å². The van der Waals surface area contributed by atoms with E-state index >= 15 is 0 Å². The Morgan fingerprint density at radius 2 is 1.70 bits per heavy atom. The van der Waals surface area contributed by atoms with Gasteiger partial charge >= 0.3 is 0 Å². The summed E-state index contributed by atoms with van der Waals surface area (Å²) >= 11 is 0. The van der Waals surface area contributed by atoms with E-state index in [9.17, 15) is 9.59 Å². The van der Waals surface area contributed by atoms with Crippen molar-refractivity contribution in [3.8, 4) is 0 Å². The van der Waals surface area contributed by atoms with Gasteiger partial charge in [0.1, 0.15) is 0 Å². The molecule has 0 bridgehead atoms. The van der Waals surface area contributed by atoms with Crippen molar-refractivity contribution in [2.45, 2.75) is 39.7 Å². The van der Waals surface area contributed by atoms with E-state index in [-0.39, 0.29) is 11.8 Å². The third kappa shape index (κ3) is 7.28. The van der Waals surface area contributed by atoms with Gasteiger partial charge in [0.15, 0.2) is 0 Å². The first kappa shape index (κ1) is 23.7. The fourth-order valence-electron chi connectivity index (χ4n) is 3.16. The second-order valence-electron chi connectivity index (χ2n) is 7.79. The highest BCUT2D eigenvalue weighted by molar-refractivity contribution is 6.10. The molecule has 1 aromatic heterocycles. The number of amides is 2. The maximum Gasteiger partial charge on any atom is 0.258 e. The minimum Gasteiger partial charge on any atom is -0.326 e. The average Bonchev–Trinajstić information content (AvgIpc) is 2.83. The molecule has 0 radical (unpaired) electrons. The zero-order valence-corrected chi connectivity index (χ0v) is 19.1. The normalized spacial score (nSPS) is 12.0. The molecule has 0 aliphatic heterocycles. The molecule has 33 heavy (non-hydrogen) atoms. The molecule has 0 aliphatic rings. The van der Waals surface area contributed by atoms with E-state index in [0.29, 0.717) is 29.7 Å². The fraction of sp³-hybridized carbons (Fsp3) is 0.231. The summed E-state index contributed by atoms with van der Waals surface area (Å²) in [4.78, 5) is 32.9. The smallest absolute Gasteiger partial charge is 0.258 e. The van der Waals surface area contributed by atoms with Gasteiger partial charge in [-0.2, -0.15) is 0 Å². The van der Waals surface area contributed by atoms with Crippen LogP contribution in [-0.4, -0.2) is 22.8 Å². The molecule has 0 spiro atoms. The van der Waals surface area contributed by atoms with Gasteiger partial charge in [-0.25, -0.2) is 4.99 Å². The number of guanidine groups is 1. The van der Waals surface area contributed by atoms with Crippen LogP contribution < -0.4 is 16.0 Å². The molecule has 0 aliphatic carbocycles. The standard InChI is InChI=1S/C26H29N5O2/c1-4-18(2)21-8-10-23(11-9-21)30-26(28-17-20-12-14-27-15-13-20)31-25(33)22-6-5-7-24(16-22)29-19(3)32/h5-16,18H,4,17H2,1-3H3,(H,29,32)(H2,28,30,31,33)/t18-/m0/s1. The third-order valence-electron chi connectivity index (χ3n) is 5.20. The van der Waals surface area contributed by atoms with Gasteiger partial charge in [0, 0.05) is 36.3 Å². The van der Waals surface area contributed by atoms with Crippen LogP contribution in [0.5, 0.6) is 0 Å². The quantitative estimate of drug-likeness (QED) is 0.356. The second-order valence-corrected chi connectivity index (χ2v) is 7.79. The summed E-state index contributed by atoms with van der Waals surface area (Å²) in [5.74, 6) is 0.279. The summed E-state index contributed by atoms with van der Waals surface area (Å²) < 4.78 is 0. The lowest BCUT2D eigenvalue weighted by molar-refractivity contribution is -0.114. The number of anilines is 2. The summed E-state index contributed by atoms with van der Waals surface area (Å²) in [6, 6.07) is 18.6. The predicted molar refractivity (Wildman–Crippen MR) is 132 cm³/mol. The van der Waals surface area contributed by atoms with E-state index in [0.717, 1.165) is 17.7 Å². The second kappa shape index (κ2) is 11.6. The van der Waals surface area contributed by atoms with Gasteiger partial charge in [0.25, 0.3) is 5.91 Å². The molecule has 7 heteroatoms. The number of rotatable bonds is 7. The van der Waals surface area contributed by atoms with Crippen LogP contribution in [0.3, 0.4) is 0 Å². The van der Waals surface area contributed by atoms with E-state index in [1.807, 2.05) is 24.3 Å². The zero-order chi connectivity index (χ0) is 23.6.